The third kappa shape index (κ3) is 3.89. The third-order valence-corrected chi connectivity index (χ3v) is 3.72. The van der Waals surface area contributed by atoms with Gasteiger partial charge >= 0.3 is 0 Å². The van der Waals surface area contributed by atoms with Crippen LogP contribution in [0.1, 0.15) is 5.69 Å². The molecule has 10 nitrogen and oxygen atoms in total. The molecule has 0 aliphatic rings. The van der Waals surface area contributed by atoms with Crippen molar-refractivity contribution in [3.05, 3.63) is 55.0 Å². The zero-order valence-electron chi connectivity index (χ0n) is 14.8. The van der Waals surface area contributed by atoms with Crippen LogP contribution in [0.5, 0.6) is 0 Å². The molecule has 0 spiro atoms. The van der Waals surface area contributed by atoms with Gasteiger partial charge in [0.1, 0.15) is 12.2 Å². The van der Waals surface area contributed by atoms with E-state index in [1.165, 1.54) is 0 Å². The van der Waals surface area contributed by atoms with Crippen LogP contribution in [0.3, 0.4) is 0 Å². The van der Waals surface area contributed by atoms with Crippen molar-refractivity contribution in [2.24, 2.45) is 0 Å². The first-order valence-corrected chi connectivity index (χ1v) is 8.00. The zero-order chi connectivity index (χ0) is 19.2. The number of carboxylic acid groups (broad SMARTS) is 1. The van der Waals surface area contributed by atoms with Gasteiger partial charge in [0.05, 0.1) is 17.8 Å². The highest BCUT2D eigenvalue weighted by Crippen LogP contribution is 2.18. The Hall–Kier alpha value is -3.82. The number of hydrogen-bond donors (Lipinski definition) is 1. The summed E-state index contributed by atoms with van der Waals surface area (Å²) in [6.07, 6.45) is 8.84. The Morgan fingerprint density at radius 2 is 1.89 bits per heavy atom. The van der Waals surface area contributed by atoms with Crippen LogP contribution < -0.4 is 4.90 Å². The summed E-state index contributed by atoms with van der Waals surface area (Å²) in [6, 6.07) is 5.93. The molecule has 138 valence electrons. The maximum absolute atomic E-state index is 8.36. The number of nitrogens with zero attached hydrogens (tertiary/aromatic N) is 8. The van der Waals surface area contributed by atoms with Gasteiger partial charge in [-0.1, -0.05) is 6.07 Å². The highest BCUT2D eigenvalue weighted by atomic mass is 16.3. The molecule has 4 rings (SSSR count). The van der Waals surface area contributed by atoms with E-state index in [0.717, 1.165) is 22.7 Å². The molecule has 4 aromatic heterocycles. The number of carbonyl (C=O) groups is 1. The average Bonchev–Trinajstić information content (AvgIpc) is 3.32. The summed E-state index contributed by atoms with van der Waals surface area (Å²) in [7, 11) is 3.82. The summed E-state index contributed by atoms with van der Waals surface area (Å²) in [5, 5.41) is 11.2. The molecule has 0 radical (unpaired) electrons. The summed E-state index contributed by atoms with van der Waals surface area (Å²) < 4.78 is 3.87. The van der Waals surface area contributed by atoms with Gasteiger partial charge in [0, 0.05) is 38.9 Å². The smallest absolute Gasteiger partial charge is 0.290 e. The molecule has 0 bridgehead atoms. The van der Waals surface area contributed by atoms with Gasteiger partial charge in [-0.05, 0) is 12.1 Å². The lowest BCUT2D eigenvalue weighted by atomic mass is 10.3. The van der Waals surface area contributed by atoms with Gasteiger partial charge in [-0.3, -0.25) is 4.79 Å². The molecule has 1 N–H and O–H groups in total. The van der Waals surface area contributed by atoms with Gasteiger partial charge in [0.2, 0.25) is 5.95 Å². The summed E-state index contributed by atoms with van der Waals surface area (Å²) in [5.41, 5.74) is 2.72. The minimum Gasteiger partial charge on any atom is -0.483 e. The fourth-order valence-electron chi connectivity index (χ4n) is 2.56. The second-order valence-electron chi connectivity index (χ2n) is 5.70. The average molecular weight is 366 g/mol. The maximum Gasteiger partial charge on any atom is 0.290 e. The second kappa shape index (κ2) is 8.04. The van der Waals surface area contributed by atoms with E-state index >= 15 is 0 Å². The largest absolute Gasteiger partial charge is 0.483 e. The lowest BCUT2D eigenvalue weighted by Crippen LogP contribution is -2.12. The van der Waals surface area contributed by atoms with Crippen LogP contribution in [0, 0.1) is 0 Å². The monoisotopic (exact) mass is 366 g/mol. The lowest BCUT2D eigenvalue weighted by Gasteiger charge is -2.11. The van der Waals surface area contributed by atoms with E-state index in [4.69, 9.17) is 9.90 Å². The molecule has 27 heavy (non-hydrogen) atoms. The number of aromatic nitrogens is 7. The van der Waals surface area contributed by atoms with Crippen molar-refractivity contribution in [1.29, 1.82) is 0 Å². The van der Waals surface area contributed by atoms with Crippen molar-refractivity contribution in [2.45, 2.75) is 6.54 Å². The van der Waals surface area contributed by atoms with Gasteiger partial charge in [-0.15, -0.1) is 0 Å². The number of anilines is 1. The molecule has 10 heteroatoms. The fraction of sp³-hybridized carbons (Fsp3) is 0.176. The van der Waals surface area contributed by atoms with Gasteiger partial charge in [0.15, 0.2) is 5.65 Å². The Morgan fingerprint density at radius 3 is 2.59 bits per heavy atom. The molecule has 0 unspecified atom stereocenters. The van der Waals surface area contributed by atoms with Crippen molar-refractivity contribution in [1.82, 2.24) is 34.1 Å². The Morgan fingerprint density at radius 1 is 1.15 bits per heavy atom. The van der Waals surface area contributed by atoms with Crippen LogP contribution in [-0.4, -0.2) is 59.8 Å². The molecular formula is C17H18N8O2. The number of pyridine rings is 1. The van der Waals surface area contributed by atoms with Crippen molar-refractivity contribution >= 4 is 18.1 Å². The summed E-state index contributed by atoms with van der Waals surface area (Å²) >= 11 is 0. The predicted molar refractivity (Wildman–Crippen MR) is 98.4 cm³/mol. The second-order valence-corrected chi connectivity index (χ2v) is 5.70. The van der Waals surface area contributed by atoms with E-state index in [-0.39, 0.29) is 6.47 Å². The first-order chi connectivity index (χ1) is 13.1. The minimum absolute atomic E-state index is 0.250. The van der Waals surface area contributed by atoms with E-state index in [9.17, 15) is 0 Å². The molecular weight excluding hydrogens is 348 g/mol. The topological polar surface area (TPSA) is 114 Å². The summed E-state index contributed by atoms with van der Waals surface area (Å²) in [6.45, 7) is 0.380. The van der Waals surface area contributed by atoms with Crippen LogP contribution in [0.4, 0.5) is 5.95 Å². The van der Waals surface area contributed by atoms with Crippen LogP contribution in [0.2, 0.25) is 0 Å². The Kier molecular flexibility index (Phi) is 5.36. The molecule has 0 saturated heterocycles. The highest BCUT2D eigenvalue weighted by molar-refractivity contribution is 5.54. The molecule has 0 saturated carbocycles. The predicted octanol–water partition coefficient (Wildman–Crippen LogP) is 1.20. The summed E-state index contributed by atoms with van der Waals surface area (Å²) in [4.78, 5) is 27.6. The Labute approximate surface area is 154 Å². The normalized spacial score (nSPS) is 10.3. The van der Waals surface area contributed by atoms with E-state index in [0.29, 0.717) is 12.5 Å². The summed E-state index contributed by atoms with van der Waals surface area (Å²) in [5.74, 6) is 1.49. The van der Waals surface area contributed by atoms with Gasteiger partial charge < -0.3 is 14.6 Å². The van der Waals surface area contributed by atoms with Crippen LogP contribution in [0.15, 0.2) is 49.3 Å². The Balaban J connectivity index is 0.000000659. The van der Waals surface area contributed by atoms with Crippen LogP contribution in [0.25, 0.3) is 17.0 Å². The molecule has 0 fully saturated rings. The van der Waals surface area contributed by atoms with Crippen molar-refractivity contribution in [3.8, 4) is 11.4 Å². The quantitative estimate of drug-likeness (QED) is 0.536. The molecule has 0 aromatic carbocycles. The lowest BCUT2D eigenvalue weighted by molar-refractivity contribution is -0.122. The number of hydrogen-bond acceptors (Lipinski definition) is 7. The molecule has 0 amide bonds. The van der Waals surface area contributed by atoms with E-state index in [1.54, 1.807) is 24.9 Å². The van der Waals surface area contributed by atoms with Crippen molar-refractivity contribution in [3.63, 3.8) is 0 Å². The van der Waals surface area contributed by atoms with Crippen LogP contribution >= 0.6 is 0 Å². The van der Waals surface area contributed by atoms with Gasteiger partial charge in [-0.2, -0.15) is 5.10 Å². The zero-order valence-corrected chi connectivity index (χ0v) is 14.8. The molecule has 4 aromatic rings. The van der Waals surface area contributed by atoms with Gasteiger partial charge in [0.25, 0.3) is 6.47 Å². The van der Waals surface area contributed by atoms with E-state index in [1.807, 2.05) is 52.5 Å². The van der Waals surface area contributed by atoms with Crippen molar-refractivity contribution in [2.75, 3.05) is 19.0 Å². The van der Waals surface area contributed by atoms with Gasteiger partial charge in [-0.25, -0.2) is 24.5 Å². The number of imidazole rings is 1. The standard InChI is InChI=1S/C16H16N8.CH2O2/c1-22(2)16-18-8-12(9-19-16)15-17-6-7-23(15)10-13-4-3-5-14-20-11-21-24(13)14;2-1-3/h3-9,11H,10H2,1-2H3;1H,(H,2,3). The van der Waals surface area contributed by atoms with Crippen molar-refractivity contribution < 1.29 is 9.90 Å². The first kappa shape index (κ1) is 18.0. The van der Waals surface area contributed by atoms with E-state index in [2.05, 4.69) is 25.0 Å². The van der Waals surface area contributed by atoms with E-state index < -0.39 is 0 Å². The first-order valence-electron chi connectivity index (χ1n) is 8.00. The third-order valence-electron chi connectivity index (χ3n) is 3.72. The minimum atomic E-state index is -0.250. The Bertz CT molecular complexity index is 1020. The maximum atomic E-state index is 8.36. The fourth-order valence-corrected chi connectivity index (χ4v) is 2.56. The number of rotatable bonds is 4. The molecule has 0 atom stereocenters. The number of fused-ring (bicyclic) bond motifs is 1. The molecule has 4 heterocycles. The molecule has 0 aliphatic carbocycles. The SMILES string of the molecule is CN(C)c1ncc(-c2nccn2Cc2cccc3ncnn23)cn1.O=CO. The molecule has 0 aliphatic heterocycles. The highest BCUT2D eigenvalue weighted by Gasteiger charge is 2.10. The van der Waals surface area contributed by atoms with Crippen LogP contribution in [-0.2, 0) is 11.3 Å².